The molecule has 3 rings (SSSR count). The molecule has 1 heterocycles. The Morgan fingerprint density at radius 2 is 2.24 bits per heavy atom. The van der Waals surface area contributed by atoms with Gasteiger partial charge in [0.15, 0.2) is 0 Å². The molecule has 0 spiro atoms. The van der Waals surface area contributed by atoms with E-state index in [1.165, 1.54) is 5.56 Å². The van der Waals surface area contributed by atoms with E-state index in [1.807, 2.05) is 6.92 Å². The lowest BCUT2D eigenvalue weighted by atomic mass is 9.80. The molecule has 1 saturated carbocycles. The number of fused-ring (bicyclic) bond motifs is 1. The minimum absolute atomic E-state index is 0.244. The van der Waals surface area contributed by atoms with Crippen molar-refractivity contribution >= 4 is 0 Å². The molecular formula is C17H25NO3. The van der Waals surface area contributed by atoms with Gasteiger partial charge in [-0.3, -0.25) is 0 Å². The Labute approximate surface area is 126 Å². The van der Waals surface area contributed by atoms with E-state index in [1.54, 1.807) is 0 Å². The molecule has 0 amide bonds. The molecule has 1 aromatic rings. The van der Waals surface area contributed by atoms with Gasteiger partial charge in [-0.2, -0.15) is 0 Å². The van der Waals surface area contributed by atoms with E-state index in [4.69, 9.17) is 9.47 Å². The summed E-state index contributed by atoms with van der Waals surface area (Å²) in [6.07, 6.45) is 4.13. The molecule has 116 valence electrons. The number of hydrogen-bond donors (Lipinski definition) is 2. The van der Waals surface area contributed by atoms with E-state index in [0.29, 0.717) is 19.7 Å². The summed E-state index contributed by atoms with van der Waals surface area (Å²) in [6, 6.07) is 4.19. The molecule has 1 atom stereocenters. The molecule has 0 bridgehead atoms. The van der Waals surface area contributed by atoms with Gasteiger partial charge in [0, 0.05) is 30.6 Å². The molecular weight excluding hydrogens is 266 g/mol. The molecule has 0 aromatic heterocycles. The van der Waals surface area contributed by atoms with E-state index in [0.717, 1.165) is 42.7 Å². The molecule has 1 aliphatic carbocycles. The number of hydrogen-bond acceptors (Lipinski definition) is 4. The van der Waals surface area contributed by atoms with E-state index in [2.05, 4.69) is 24.4 Å². The Balaban J connectivity index is 1.69. The van der Waals surface area contributed by atoms with Crippen LogP contribution >= 0.6 is 0 Å². The predicted octanol–water partition coefficient (Wildman–Crippen LogP) is 2.41. The minimum Gasteiger partial charge on any atom is -0.494 e. The average Bonchev–Trinajstić information content (AvgIpc) is 2.76. The lowest BCUT2D eigenvalue weighted by molar-refractivity contribution is -0.0315. The van der Waals surface area contributed by atoms with Crippen LogP contribution in [-0.4, -0.2) is 30.0 Å². The molecule has 1 aromatic carbocycles. The van der Waals surface area contributed by atoms with Gasteiger partial charge < -0.3 is 19.9 Å². The van der Waals surface area contributed by atoms with E-state index in [-0.39, 0.29) is 6.10 Å². The maximum Gasteiger partial charge on any atom is 0.124 e. The van der Waals surface area contributed by atoms with Gasteiger partial charge in [-0.05, 0) is 45.2 Å². The molecule has 2 aliphatic rings. The van der Waals surface area contributed by atoms with Gasteiger partial charge in [-0.25, -0.2) is 0 Å². The Hall–Kier alpha value is -1.26. The van der Waals surface area contributed by atoms with Crippen LogP contribution in [0.5, 0.6) is 11.5 Å². The topological polar surface area (TPSA) is 50.7 Å². The number of aliphatic hydroxyl groups is 1. The van der Waals surface area contributed by atoms with Crippen molar-refractivity contribution in [3.8, 4) is 11.5 Å². The fraction of sp³-hybridized carbons (Fsp3) is 0.647. The Kier molecular flexibility index (Phi) is 4.09. The third-order valence-electron chi connectivity index (χ3n) is 4.43. The fourth-order valence-corrected chi connectivity index (χ4v) is 3.10. The summed E-state index contributed by atoms with van der Waals surface area (Å²) in [5, 5.41) is 13.5. The van der Waals surface area contributed by atoms with Crippen molar-refractivity contribution in [2.24, 2.45) is 0 Å². The standard InChI is InChI=1S/C17H25NO3/c1-3-20-15-8-13-7-12(2)21-16(13)9-14(15)10-18-11-17(19)5-4-6-17/h8-9,12,18-19H,3-7,10-11H2,1-2H3. The van der Waals surface area contributed by atoms with Crippen LogP contribution < -0.4 is 14.8 Å². The maximum atomic E-state index is 10.1. The van der Waals surface area contributed by atoms with Crippen LogP contribution in [0.2, 0.25) is 0 Å². The smallest absolute Gasteiger partial charge is 0.124 e. The highest BCUT2D eigenvalue weighted by Gasteiger charge is 2.33. The van der Waals surface area contributed by atoms with Crippen molar-refractivity contribution in [1.29, 1.82) is 0 Å². The van der Waals surface area contributed by atoms with Gasteiger partial charge in [-0.1, -0.05) is 0 Å². The zero-order valence-electron chi connectivity index (χ0n) is 12.9. The SMILES string of the molecule is CCOc1cc2c(cc1CNCC1(O)CCC1)OC(C)C2. The van der Waals surface area contributed by atoms with Crippen LogP contribution in [0.25, 0.3) is 0 Å². The van der Waals surface area contributed by atoms with Gasteiger partial charge in [0.05, 0.1) is 12.2 Å². The van der Waals surface area contributed by atoms with Crippen LogP contribution in [0.1, 0.15) is 44.2 Å². The number of rotatable bonds is 6. The first-order chi connectivity index (χ1) is 10.1. The lowest BCUT2D eigenvalue weighted by Gasteiger charge is -2.36. The van der Waals surface area contributed by atoms with E-state index in [9.17, 15) is 5.11 Å². The van der Waals surface area contributed by atoms with Crippen LogP contribution in [0, 0.1) is 0 Å². The lowest BCUT2D eigenvalue weighted by Crippen LogP contribution is -2.46. The van der Waals surface area contributed by atoms with Gasteiger partial charge in [-0.15, -0.1) is 0 Å². The van der Waals surface area contributed by atoms with Crippen LogP contribution in [0.4, 0.5) is 0 Å². The summed E-state index contributed by atoms with van der Waals surface area (Å²) >= 11 is 0. The zero-order valence-corrected chi connectivity index (χ0v) is 12.9. The summed E-state index contributed by atoms with van der Waals surface area (Å²) in [4.78, 5) is 0. The van der Waals surface area contributed by atoms with Crippen LogP contribution in [-0.2, 0) is 13.0 Å². The molecule has 2 N–H and O–H groups in total. The average molecular weight is 291 g/mol. The third-order valence-corrected chi connectivity index (χ3v) is 4.43. The second-order valence-corrected chi connectivity index (χ2v) is 6.31. The summed E-state index contributed by atoms with van der Waals surface area (Å²) in [7, 11) is 0. The molecule has 1 fully saturated rings. The second kappa shape index (κ2) is 5.85. The van der Waals surface area contributed by atoms with Gasteiger partial charge in [0.1, 0.15) is 17.6 Å². The van der Waals surface area contributed by atoms with Crippen molar-refractivity contribution in [3.05, 3.63) is 23.3 Å². The summed E-state index contributed by atoms with van der Waals surface area (Å²) in [6.45, 7) is 6.09. The number of nitrogens with one attached hydrogen (secondary N) is 1. The van der Waals surface area contributed by atoms with Crippen LogP contribution in [0.3, 0.4) is 0 Å². The van der Waals surface area contributed by atoms with Crippen molar-refractivity contribution in [3.63, 3.8) is 0 Å². The Morgan fingerprint density at radius 3 is 2.90 bits per heavy atom. The molecule has 0 radical (unpaired) electrons. The van der Waals surface area contributed by atoms with E-state index >= 15 is 0 Å². The summed E-state index contributed by atoms with van der Waals surface area (Å²) in [5.41, 5.74) is 1.84. The van der Waals surface area contributed by atoms with Crippen molar-refractivity contribution in [1.82, 2.24) is 5.32 Å². The van der Waals surface area contributed by atoms with Crippen molar-refractivity contribution in [2.75, 3.05) is 13.2 Å². The molecule has 1 aliphatic heterocycles. The number of benzene rings is 1. The molecule has 21 heavy (non-hydrogen) atoms. The van der Waals surface area contributed by atoms with Crippen molar-refractivity contribution in [2.45, 2.75) is 57.8 Å². The molecule has 0 saturated heterocycles. The summed E-state index contributed by atoms with van der Waals surface area (Å²) < 4.78 is 11.6. The molecule has 4 nitrogen and oxygen atoms in total. The van der Waals surface area contributed by atoms with E-state index < -0.39 is 5.60 Å². The number of ether oxygens (including phenoxy) is 2. The van der Waals surface area contributed by atoms with Gasteiger partial charge in [0.2, 0.25) is 0 Å². The maximum absolute atomic E-state index is 10.1. The van der Waals surface area contributed by atoms with Crippen molar-refractivity contribution < 1.29 is 14.6 Å². The van der Waals surface area contributed by atoms with Crippen LogP contribution in [0.15, 0.2) is 12.1 Å². The summed E-state index contributed by atoms with van der Waals surface area (Å²) in [5.74, 6) is 1.91. The predicted molar refractivity (Wildman–Crippen MR) is 81.9 cm³/mol. The second-order valence-electron chi connectivity index (χ2n) is 6.31. The normalized spacial score (nSPS) is 22.3. The molecule has 1 unspecified atom stereocenters. The highest BCUT2D eigenvalue weighted by atomic mass is 16.5. The first kappa shape index (κ1) is 14.7. The monoisotopic (exact) mass is 291 g/mol. The third kappa shape index (κ3) is 3.16. The minimum atomic E-state index is -0.493. The highest BCUT2D eigenvalue weighted by Crippen LogP contribution is 2.35. The Morgan fingerprint density at radius 1 is 1.43 bits per heavy atom. The van der Waals surface area contributed by atoms with Gasteiger partial charge >= 0.3 is 0 Å². The zero-order chi connectivity index (χ0) is 14.9. The fourth-order valence-electron chi connectivity index (χ4n) is 3.10. The quantitative estimate of drug-likeness (QED) is 0.845. The largest absolute Gasteiger partial charge is 0.494 e. The van der Waals surface area contributed by atoms with Gasteiger partial charge in [0.25, 0.3) is 0 Å². The highest BCUT2D eigenvalue weighted by molar-refractivity contribution is 5.48. The first-order valence-electron chi connectivity index (χ1n) is 7.98. The molecule has 4 heteroatoms. The Bertz CT molecular complexity index is 511. The first-order valence-corrected chi connectivity index (χ1v) is 7.98.